The average molecular weight is 435 g/mol. The van der Waals surface area contributed by atoms with Crippen LogP contribution in [0.15, 0.2) is 71.8 Å². The van der Waals surface area contributed by atoms with E-state index < -0.39 is 7.40 Å². The van der Waals surface area contributed by atoms with E-state index in [1.165, 1.54) is 0 Å². The first-order valence-corrected chi connectivity index (χ1v) is 10.9. The summed E-state index contributed by atoms with van der Waals surface area (Å²) in [5.41, 5.74) is 3.75. The fraction of sp³-hybridized carbons (Fsp3) is 0.125. The molecule has 0 unspecified atom stereocenters. The van der Waals surface area contributed by atoms with Crippen molar-refractivity contribution >= 4 is 42.7 Å². The highest BCUT2D eigenvalue weighted by Gasteiger charge is 2.25. The number of hydrogen-bond acceptors (Lipinski definition) is 2. The van der Waals surface area contributed by atoms with Crippen molar-refractivity contribution in [3.63, 3.8) is 0 Å². The minimum absolute atomic E-state index is 0.447. The summed E-state index contributed by atoms with van der Waals surface area (Å²) in [7, 11) is -0.693. The molecule has 0 bridgehead atoms. The number of ether oxygens (including phenoxy) is 1. The van der Waals surface area contributed by atoms with Crippen molar-refractivity contribution in [1.29, 1.82) is 0 Å². The molecule has 1 aliphatic heterocycles. The minimum Gasteiger partial charge on any atom is -0.494 e. The molecule has 3 heterocycles. The summed E-state index contributed by atoms with van der Waals surface area (Å²) in [5, 5.41) is 2.02. The van der Waals surface area contributed by atoms with E-state index >= 15 is 0 Å². The highest BCUT2D eigenvalue weighted by atomic mass is 32.1. The third kappa shape index (κ3) is 4.62. The van der Waals surface area contributed by atoms with Gasteiger partial charge in [0.05, 0.1) is 11.5 Å². The second kappa shape index (κ2) is 9.31. The number of benzene rings is 1. The Labute approximate surface area is 185 Å². The Morgan fingerprint density at radius 2 is 1.81 bits per heavy atom. The smallest absolute Gasteiger partial charge is 0.494 e. The molecule has 0 radical (unpaired) electrons. The van der Waals surface area contributed by atoms with E-state index in [1.54, 1.807) is 35.6 Å². The predicted octanol–water partition coefficient (Wildman–Crippen LogP) is 5.93. The van der Waals surface area contributed by atoms with Crippen molar-refractivity contribution in [3.8, 4) is 5.75 Å². The third-order valence-corrected chi connectivity index (χ3v) is 5.94. The molecule has 0 spiro atoms. The molecule has 0 atom stereocenters. The van der Waals surface area contributed by atoms with E-state index in [2.05, 4.69) is 6.07 Å². The maximum atomic E-state index is 13.9. The van der Waals surface area contributed by atoms with Crippen molar-refractivity contribution in [2.75, 3.05) is 13.7 Å². The standard InChI is InChI=1S/C24H22BF2N2OS/c1-3-30-22-13-7-18(8-14-22)6-9-19-10-11-21(29(19)25(26)27)17-20-12-15-23(28(20)2)24-5-4-16-31-24/h4-17H,3H2,1-2H3/q+1/b9-6+. The first-order chi connectivity index (χ1) is 15.1. The van der Waals surface area contributed by atoms with Crippen LogP contribution in [0.25, 0.3) is 18.2 Å². The molecule has 3 aromatic rings. The monoisotopic (exact) mass is 435 g/mol. The molecule has 0 fully saturated rings. The van der Waals surface area contributed by atoms with Crippen LogP contribution in [-0.4, -0.2) is 35.8 Å². The van der Waals surface area contributed by atoms with Crippen molar-refractivity contribution in [2.45, 2.75) is 6.92 Å². The molecular weight excluding hydrogens is 413 g/mol. The Kier molecular flexibility index (Phi) is 6.32. The van der Waals surface area contributed by atoms with E-state index in [1.807, 2.05) is 72.5 Å². The highest BCUT2D eigenvalue weighted by Crippen LogP contribution is 2.22. The van der Waals surface area contributed by atoms with Crippen LogP contribution in [0, 0.1) is 0 Å². The number of allylic oxidation sites excluding steroid dienone is 2. The van der Waals surface area contributed by atoms with Gasteiger partial charge < -0.3 is 9.21 Å². The first-order valence-electron chi connectivity index (χ1n) is 10.0. The molecule has 31 heavy (non-hydrogen) atoms. The number of thiophene rings is 1. The Hall–Kier alpha value is -3.19. The molecular formula is C24H22BF2N2OS+. The van der Waals surface area contributed by atoms with Crippen LogP contribution < -0.4 is 4.74 Å². The van der Waals surface area contributed by atoms with Gasteiger partial charge in [-0.05, 0) is 54.3 Å². The van der Waals surface area contributed by atoms with Crippen molar-refractivity contribution in [1.82, 2.24) is 4.48 Å². The highest BCUT2D eigenvalue weighted by molar-refractivity contribution is 7.12. The molecule has 1 aromatic carbocycles. The van der Waals surface area contributed by atoms with Crippen molar-refractivity contribution < 1.29 is 17.9 Å². The summed E-state index contributed by atoms with van der Waals surface area (Å²) >= 11 is 1.65. The Bertz CT molecular complexity index is 1170. The van der Waals surface area contributed by atoms with E-state index in [4.69, 9.17) is 4.74 Å². The lowest BCUT2D eigenvalue weighted by molar-refractivity contribution is -0.431. The number of nitrogens with zero attached hydrogens (tertiary/aromatic N) is 2. The van der Waals surface area contributed by atoms with E-state index in [0.717, 1.165) is 32.1 Å². The SMILES string of the molecule is CCOc1ccc(/C=C/c2ccc(/C=C3/C=CC(c4cccs4)=[N+]3C)n2B(F)F)cc1. The lowest BCUT2D eigenvalue weighted by atomic mass is 10.1. The molecule has 156 valence electrons. The van der Waals surface area contributed by atoms with Crippen LogP contribution in [0.4, 0.5) is 8.63 Å². The molecule has 2 aromatic heterocycles. The molecule has 1 aliphatic rings. The Morgan fingerprint density at radius 1 is 1.03 bits per heavy atom. The van der Waals surface area contributed by atoms with Gasteiger partial charge in [-0.1, -0.05) is 24.3 Å². The Morgan fingerprint density at radius 3 is 2.48 bits per heavy atom. The van der Waals surface area contributed by atoms with Gasteiger partial charge in [-0.2, -0.15) is 4.58 Å². The second-order valence-corrected chi connectivity index (χ2v) is 7.94. The maximum Gasteiger partial charge on any atom is 0.678 e. The molecule has 0 aliphatic carbocycles. The molecule has 0 saturated carbocycles. The van der Waals surface area contributed by atoms with Crippen molar-refractivity contribution in [2.24, 2.45) is 0 Å². The van der Waals surface area contributed by atoms with Gasteiger partial charge in [0.15, 0.2) is 0 Å². The summed E-state index contributed by atoms with van der Waals surface area (Å²) in [5.74, 6) is 0.789. The lowest BCUT2D eigenvalue weighted by Crippen LogP contribution is -2.16. The largest absolute Gasteiger partial charge is 0.678 e. The van der Waals surface area contributed by atoms with E-state index in [0.29, 0.717) is 18.0 Å². The third-order valence-electron chi connectivity index (χ3n) is 5.04. The zero-order chi connectivity index (χ0) is 21.8. The average Bonchev–Trinajstić information content (AvgIpc) is 3.49. The number of halogens is 2. The molecule has 7 heteroatoms. The van der Waals surface area contributed by atoms with Crippen LogP contribution in [0.3, 0.4) is 0 Å². The number of rotatable bonds is 7. The quantitative estimate of drug-likeness (QED) is 0.332. The normalized spacial score (nSPS) is 14.9. The Balaban J connectivity index is 1.61. The van der Waals surface area contributed by atoms with Crippen LogP contribution in [0.5, 0.6) is 5.75 Å². The van der Waals surface area contributed by atoms with Gasteiger partial charge in [0.1, 0.15) is 12.8 Å². The molecule has 4 rings (SSSR count). The zero-order valence-corrected chi connectivity index (χ0v) is 18.2. The molecule has 0 N–H and O–H groups in total. The van der Waals surface area contributed by atoms with Gasteiger partial charge in [-0.25, -0.2) is 0 Å². The van der Waals surface area contributed by atoms with Gasteiger partial charge >= 0.3 is 7.40 Å². The predicted molar refractivity (Wildman–Crippen MR) is 126 cm³/mol. The molecule has 3 nitrogen and oxygen atoms in total. The fourth-order valence-electron chi connectivity index (χ4n) is 3.48. The van der Waals surface area contributed by atoms with Gasteiger partial charge in [0.2, 0.25) is 11.4 Å². The van der Waals surface area contributed by atoms with Gasteiger partial charge in [-0.3, -0.25) is 8.63 Å². The second-order valence-electron chi connectivity index (χ2n) is 6.99. The van der Waals surface area contributed by atoms with Gasteiger partial charge in [0.25, 0.3) is 0 Å². The zero-order valence-electron chi connectivity index (χ0n) is 17.3. The van der Waals surface area contributed by atoms with Gasteiger partial charge in [0, 0.05) is 29.6 Å². The van der Waals surface area contributed by atoms with Crippen LogP contribution >= 0.6 is 11.3 Å². The number of hydrogen-bond donors (Lipinski definition) is 0. The lowest BCUT2D eigenvalue weighted by Gasteiger charge is -2.06. The van der Waals surface area contributed by atoms with Crippen LogP contribution in [-0.2, 0) is 0 Å². The number of likely N-dealkylation sites (N-methyl/N-ethyl adjacent to an activating group) is 1. The van der Waals surface area contributed by atoms with E-state index in [-0.39, 0.29) is 0 Å². The first kappa shape index (κ1) is 21.1. The fourth-order valence-corrected chi connectivity index (χ4v) is 4.26. The minimum atomic E-state index is -2.64. The van der Waals surface area contributed by atoms with Crippen molar-refractivity contribution in [3.05, 3.63) is 93.6 Å². The summed E-state index contributed by atoms with van der Waals surface area (Å²) in [6.07, 6.45) is 9.29. The summed E-state index contributed by atoms with van der Waals surface area (Å²) in [6.45, 7) is 2.53. The molecule has 0 saturated heterocycles. The molecule has 0 amide bonds. The summed E-state index contributed by atoms with van der Waals surface area (Å²) in [6, 6.07) is 15.0. The summed E-state index contributed by atoms with van der Waals surface area (Å²) < 4.78 is 36.3. The summed E-state index contributed by atoms with van der Waals surface area (Å²) in [4.78, 5) is 1.14. The van der Waals surface area contributed by atoms with Crippen LogP contribution in [0.1, 0.15) is 28.8 Å². The van der Waals surface area contributed by atoms with Gasteiger partial charge in [-0.15, -0.1) is 11.3 Å². The topological polar surface area (TPSA) is 17.2 Å². The number of aromatic nitrogens is 1. The maximum absolute atomic E-state index is 13.9. The van der Waals surface area contributed by atoms with Crippen LogP contribution in [0.2, 0.25) is 0 Å². The van der Waals surface area contributed by atoms with E-state index in [9.17, 15) is 8.63 Å².